The van der Waals surface area contributed by atoms with Gasteiger partial charge in [0.05, 0.1) is 18.7 Å². The second-order valence-corrected chi connectivity index (χ2v) is 4.24. The summed E-state index contributed by atoms with van der Waals surface area (Å²) in [7, 11) is 0. The molecule has 2 amide bonds. The van der Waals surface area contributed by atoms with Crippen molar-refractivity contribution in [3.63, 3.8) is 0 Å². The molecule has 1 aliphatic heterocycles. The van der Waals surface area contributed by atoms with Crippen LogP contribution in [0.4, 0.5) is 4.79 Å². The van der Waals surface area contributed by atoms with E-state index >= 15 is 0 Å². The van der Waals surface area contributed by atoms with E-state index in [4.69, 9.17) is 9.63 Å². The number of nitrogens with one attached hydrogen (secondary N) is 1. The lowest BCUT2D eigenvalue weighted by Crippen LogP contribution is -2.45. The Bertz CT molecular complexity index is 410. The number of piperidine rings is 1. The number of urea groups is 1. The number of hydrogen-bond donors (Lipinski definition) is 2. The molecule has 0 spiro atoms. The molecule has 1 aromatic rings. The average molecular weight is 253 g/mol. The number of nitrogens with zero attached hydrogens (tertiary/aromatic N) is 2. The molecule has 2 heterocycles. The van der Waals surface area contributed by atoms with Crippen LogP contribution in [-0.2, 0) is 11.3 Å². The Morgan fingerprint density at radius 3 is 2.78 bits per heavy atom. The number of aliphatic carboxylic acids is 1. The normalized spacial score (nSPS) is 16.6. The molecule has 0 aromatic carbocycles. The first-order valence-corrected chi connectivity index (χ1v) is 5.82. The van der Waals surface area contributed by atoms with Crippen molar-refractivity contribution >= 4 is 12.0 Å². The molecular weight excluding hydrogens is 238 g/mol. The summed E-state index contributed by atoms with van der Waals surface area (Å²) in [4.78, 5) is 24.2. The Morgan fingerprint density at radius 1 is 1.50 bits per heavy atom. The van der Waals surface area contributed by atoms with Crippen LogP contribution in [0.1, 0.15) is 18.6 Å². The lowest BCUT2D eigenvalue weighted by molar-refractivity contribution is -0.143. The van der Waals surface area contributed by atoms with Gasteiger partial charge in [-0.1, -0.05) is 5.16 Å². The average Bonchev–Trinajstić information content (AvgIpc) is 2.89. The van der Waals surface area contributed by atoms with Crippen molar-refractivity contribution in [2.24, 2.45) is 5.92 Å². The van der Waals surface area contributed by atoms with Crippen LogP contribution in [0.3, 0.4) is 0 Å². The second kappa shape index (κ2) is 5.52. The molecule has 2 N–H and O–H groups in total. The standard InChI is InChI=1S/C11H15N3O4/c15-10(16)8-2-5-14(6-3-8)11(17)12-7-9-1-4-13-18-9/h1,4,8H,2-3,5-7H2,(H,12,17)(H,15,16). The number of carbonyl (C=O) groups is 2. The van der Waals surface area contributed by atoms with Crippen molar-refractivity contribution < 1.29 is 19.2 Å². The Hall–Kier alpha value is -2.05. The van der Waals surface area contributed by atoms with Crippen LogP contribution < -0.4 is 5.32 Å². The van der Waals surface area contributed by atoms with Gasteiger partial charge in [-0.3, -0.25) is 4.79 Å². The van der Waals surface area contributed by atoms with Gasteiger partial charge in [-0.25, -0.2) is 4.79 Å². The van der Waals surface area contributed by atoms with Crippen LogP contribution >= 0.6 is 0 Å². The minimum absolute atomic E-state index is 0.199. The lowest BCUT2D eigenvalue weighted by Gasteiger charge is -2.29. The summed E-state index contributed by atoms with van der Waals surface area (Å²) in [6, 6.07) is 1.48. The second-order valence-electron chi connectivity index (χ2n) is 4.24. The van der Waals surface area contributed by atoms with Gasteiger partial charge in [0.1, 0.15) is 0 Å². The first kappa shape index (κ1) is 12.4. The highest BCUT2D eigenvalue weighted by molar-refractivity contribution is 5.75. The topological polar surface area (TPSA) is 95.7 Å². The van der Waals surface area contributed by atoms with Crippen molar-refractivity contribution in [2.75, 3.05) is 13.1 Å². The number of rotatable bonds is 3. The monoisotopic (exact) mass is 253 g/mol. The molecule has 1 aliphatic rings. The van der Waals surface area contributed by atoms with Gasteiger partial charge >= 0.3 is 12.0 Å². The Labute approximate surface area is 104 Å². The molecule has 1 aromatic heterocycles. The fraction of sp³-hybridized carbons (Fsp3) is 0.545. The third kappa shape index (κ3) is 2.99. The fourth-order valence-corrected chi connectivity index (χ4v) is 1.94. The first-order chi connectivity index (χ1) is 8.66. The Kier molecular flexibility index (Phi) is 3.81. The van der Waals surface area contributed by atoms with E-state index in [-0.39, 0.29) is 18.5 Å². The number of aromatic nitrogens is 1. The molecule has 98 valence electrons. The molecule has 0 unspecified atom stereocenters. The molecule has 1 saturated heterocycles. The van der Waals surface area contributed by atoms with Gasteiger partial charge in [0.2, 0.25) is 0 Å². The molecule has 0 saturated carbocycles. The highest BCUT2D eigenvalue weighted by Crippen LogP contribution is 2.17. The van der Waals surface area contributed by atoms with E-state index in [1.54, 1.807) is 11.0 Å². The van der Waals surface area contributed by atoms with Gasteiger partial charge in [-0.05, 0) is 12.8 Å². The van der Waals surface area contributed by atoms with E-state index in [1.165, 1.54) is 6.20 Å². The lowest BCUT2D eigenvalue weighted by atomic mass is 9.97. The summed E-state index contributed by atoms with van der Waals surface area (Å²) in [6.07, 6.45) is 2.52. The SMILES string of the molecule is O=C(O)C1CCN(C(=O)NCc2ccno2)CC1. The smallest absolute Gasteiger partial charge is 0.317 e. The molecule has 0 radical (unpaired) electrons. The van der Waals surface area contributed by atoms with Crippen molar-refractivity contribution in [3.05, 3.63) is 18.0 Å². The molecule has 0 aliphatic carbocycles. The van der Waals surface area contributed by atoms with Gasteiger partial charge in [0.25, 0.3) is 0 Å². The number of hydrogen-bond acceptors (Lipinski definition) is 4. The van der Waals surface area contributed by atoms with Gasteiger partial charge in [-0.15, -0.1) is 0 Å². The predicted octanol–water partition coefficient (Wildman–Crippen LogP) is 0.681. The Balaban J connectivity index is 1.75. The van der Waals surface area contributed by atoms with Gasteiger partial charge in [-0.2, -0.15) is 0 Å². The van der Waals surface area contributed by atoms with E-state index in [0.29, 0.717) is 31.7 Å². The van der Waals surface area contributed by atoms with E-state index in [0.717, 1.165) is 0 Å². The van der Waals surface area contributed by atoms with Crippen LogP contribution in [-0.4, -0.2) is 40.3 Å². The summed E-state index contributed by atoms with van der Waals surface area (Å²) in [5, 5.41) is 15.1. The van der Waals surface area contributed by atoms with Crippen molar-refractivity contribution in [2.45, 2.75) is 19.4 Å². The largest absolute Gasteiger partial charge is 0.481 e. The zero-order valence-electron chi connectivity index (χ0n) is 9.83. The molecule has 2 rings (SSSR count). The predicted molar refractivity (Wildman–Crippen MR) is 60.7 cm³/mol. The first-order valence-electron chi connectivity index (χ1n) is 5.82. The number of amides is 2. The zero-order valence-corrected chi connectivity index (χ0v) is 9.83. The van der Waals surface area contributed by atoms with Crippen LogP contribution in [0.25, 0.3) is 0 Å². The molecule has 0 atom stereocenters. The van der Waals surface area contributed by atoms with Crippen LogP contribution in [0, 0.1) is 5.92 Å². The number of carboxylic acids is 1. The quantitative estimate of drug-likeness (QED) is 0.825. The van der Waals surface area contributed by atoms with E-state index < -0.39 is 5.97 Å². The number of carboxylic acid groups (broad SMARTS) is 1. The fourth-order valence-electron chi connectivity index (χ4n) is 1.94. The van der Waals surface area contributed by atoms with Crippen LogP contribution in [0.2, 0.25) is 0 Å². The maximum absolute atomic E-state index is 11.8. The molecule has 7 heteroatoms. The summed E-state index contributed by atoms with van der Waals surface area (Å²) in [6.45, 7) is 1.23. The summed E-state index contributed by atoms with van der Waals surface area (Å²) in [5.74, 6) is -0.524. The van der Waals surface area contributed by atoms with Crippen LogP contribution in [0.15, 0.2) is 16.8 Å². The number of likely N-dealkylation sites (tertiary alicyclic amines) is 1. The van der Waals surface area contributed by atoms with Crippen molar-refractivity contribution in [1.82, 2.24) is 15.4 Å². The van der Waals surface area contributed by atoms with Gasteiger partial charge in [0, 0.05) is 19.2 Å². The Morgan fingerprint density at radius 2 is 2.22 bits per heavy atom. The summed E-state index contributed by atoms with van der Waals surface area (Å²) in [5.41, 5.74) is 0. The summed E-state index contributed by atoms with van der Waals surface area (Å²) >= 11 is 0. The molecule has 18 heavy (non-hydrogen) atoms. The highest BCUT2D eigenvalue weighted by atomic mass is 16.5. The molecular formula is C11H15N3O4. The third-order valence-corrected chi connectivity index (χ3v) is 3.04. The molecule has 0 bridgehead atoms. The van der Waals surface area contributed by atoms with Crippen LogP contribution in [0.5, 0.6) is 0 Å². The van der Waals surface area contributed by atoms with E-state index in [1.807, 2.05) is 0 Å². The summed E-state index contributed by atoms with van der Waals surface area (Å²) < 4.78 is 4.86. The maximum atomic E-state index is 11.8. The minimum atomic E-state index is -0.781. The minimum Gasteiger partial charge on any atom is -0.481 e. The van der Waals surface area contributed by atoms with Gasteiger partial charge in [0.15, 0.2) is 5.76 Å². The zero-order chi connectivity index (χ0) is 13.0. The third-order valence-electron chi connectivity index (χ3n) is 3.04. The number of carbonyl (C=O) groups excluding carboxylic acids is 1. The molecule has 1 fully saturated rings. The molecule has 7 nitrogen and oxygen atoms in total. The van der Waals surface area contributed by atoms with Gasteiger partial charge < -0.3 is 19.8 Å². The van der Waals surface area contributed by atoms with Crippen molar-refractivity contribution in [3.8, 4) is 0 Å². The van der Waals surface area contributed by atoms with E-state index in [9.17, 15) is 9.59 Å². The maximum Gasteiger partial charge on any atom is 0.317 e. The van der Waals surface area contributed by atoms with Crippen molar-refractivity contribution in [1.29, 1.82) is 0 Å². The highest BCUT2D eigenvalue weighted by Gasteiger charge is 2.26. The van der Waals surface area contributed by atoms with E-state index in [2.05, 4.69) is 10.5 Å².